The Kier molecular flexibility index (Phi) is 1.59. The van der Waals surface area contributed by atoms with E-state index in [1.165, 1.54) is 25.7 Å². The number of hydrogen-bond donors (Lipinski definition) is 0. The standard InChI is InChI=1S/C8H14/c1-8(2)6-4-3-5-7-8/h4-7H2,1-2H3. The van der Waals surface area contributed by atoms with Crippen molar-refractivity contribution < 1.29 is 0 Å². The van der Waals surface area contributed by atoms with E-state index < -0.39 is 0 Å². The summed E-state index contributed by atoms with van der Waals surface area (Å²) in [6.07, 6.45) is 8.45. The number of hydrogen-bond acceptors (Lipinski definition) is 0. The highest BCUT2D eigenvalue weighted by molar-refractivity contribution is 4.81. The highest BCUT2D eigenvalue weighted by Crippen LogP contribution is 2.33. The fourth-order valence-corrected chi connectivity index (χ4v) is 1.10. The topological polar surface area (TPSA) is 0 Å². The van der Waals surface area contributed by atoms with E-state index >= 15 is 0 Å². The van der Waals surface area contributed by atoms with Gasteiger partial charge in [-0.05, 0) is 37.5 Å². The van der Waals surface area contributed by atoms with Gasteiger partial charge in [-0.3, -0.25) is 0 Å². The Morgan fingerprint density at radius 3 is 1.88 bits per heavy atom. The Balaban J connectivity index is 2.33. The van der Waals surface area contributed by atoms with Gasteiger partial charge in [-0.25, -0.2) is 0 Å². The molecule has 46 valence electrons. The molecule has 0 spiro atoms. The summed E-state index contributed by atoms with van der Waals surface area (Å²) in [5.41, 5.74) is 0.616. The minimum atomic E-state index is 0.616. The summed E-state index contributed by atoms with van der Waals surface area (Å²) < 4.78 is 0. The van der Waals surface area contributed by atoms with E-state index in [0.29, 0.717) is 5.41 Å². The normalized spacial score (nSPS) is 27.8. The van der Waals surface area contributed by atoms with Gasteiger partial charge >= 0.3 is 0 Å². The van der Waals surface area contributed by atoms with Crippen molar-refractivity contribution in [2.75, 3.05) is 0 Å². The highest BCUT2D eigenvalue weighted by atomic mass is 14.3. The second-order valence-electron chi connectivity index (χ2n) is 3.41. The molecule has 0 unspecified atom stereocenters. The monoisotopic (exact) mass is 110 g/mol. The maximum Gasteiger partial charge on any atom is -0.0173 e. The molecule has 1 aliphatic carbocycles. The molecule has 1 rings (SSSR count). The highest BCUT2D eigenvalue weighted by Gasteiger charge is 2.20. The van der Waals surface area contributed by atoms with Crippen LogP contribution in [0.5, 0.6) is 0 Å². The molecule has 0 saturated heterocycles. The zero-order chi connectivity index (χ0) is 6.04. The largest absolute Gasteiger partial charge is 0.0599 e. The zero-order valence-electron chi connectivity index (χ0n) is 5.83. The average molecular weight is 110 g/mol. The smallest absolute Gasteiger partial charge is 0.0173 e. The van der Waals surface area contributed by atoms with Gasteiger partial charge in [0.25, 0.3) is 0 Å². The van der Waals surface area contributed by atoms with E-state index in [4.69, 9.17) is 0 Å². The van der Waals surface area contributed by atoms with Crippen LogP contribution in [0.2, 0.25) is 0 Å². The Labute approximate surface area is 52.3 Å². The SMILES string of the molecule is CC1(C)CC[C]CC1. The molecule has 0 N–H and O–H groups in total. The van der Waals surface area contributed by atoms with Crippen LogP contribution in [0.1, 0.15) is 39.5 Å². The van der Waals surface area contributed by atoms with Gasteiger partial charge in [-0.1, -0.05) is 13.8 Å². The van der Waals surface area contributed by atoms with Crippen molar-refractivity contribution in [2.24, 2.45) is 5.41 Å². The molecule has 0 amide bonds. The molecule has 0 heteroatoms. The number of rotatable bonds is 0. The van der Waals surface area contributed by atoms with Crippen LogP contribution >= 0.6 is 0 Å². The predicted octanol–water partition coefficient (Wildman–Crippen LogP) is 2.67. The lowest BCUT2D eigenvalue weighted by molar-refractivity contribution is 0.276. The van der Waals surface area contributed by atoms with Gasteiger partial charge in [0.2, 0.25) is 0 Å². The first-order chi connectivity index (χ1) is 3.71. The summed E-state index contributed by atoms with van der Waals surface area (Å²) in [5.74, 6) is 0. The van der Waals surface area contributed by atoms with Crippen molar-refractivity contribution in [1.29, 1.82) is 0 Å². The molecule has 2 radical (unpaired) electrons. The molecule has 0 bridgehead atoms. The molecule has 0 aromatic rings. The van der Waals surface area contributed by atoms with Gasteiger partial charge in [0.1, 0.15) is 0 Å². The van der Waals surface area contributed by atoms with Crippen LogP contribution in [-0.2, 0) is 0 Å². The van der Waals surface area contributed by atoms with Crippen molar-refractivity contribution in [3.63, 3.8) is 0 Å². The molecule has 1 fully saturated rings. The fraction of sp³-hybridized carbons (Fsp3) is 0.875. The van der Waals surface area contributed by atoms with Crippen molar-refractivity contribution >= 4 is 0 Å². The first-order valence-electron chi connectivity index (χ1n) is 3.41. The summed E-state index contributed by atoms with van der Waals surface area (Å²) in [6, 6.07) is 0. The molecule has 0 heterocycles. The van der Waals surface area contributed by atoms with E-state index in [0.717, 1.165) is 0 Å². The Morgan fingerprint density at radius 1 is 1.12 bits per heavy atom. The molecule has 0 aliphatic heterocycles. The van der Waals surface area contributed by atoms with E-state index in [1.807, 2.05) is 0 Å². The van der Waals surface area contributed by atoms with Crippen LogP contribution in [0.15, 0.2) is 0 Å². The molecule has 1 saturated carbocycles. The summed E-state index contributed by atoms with van der Waals surface area (Å²) in [4.78, 5) is 0. The first kappa shape index (κ1) is 6.12. The maximum atomic E-state index is 3.34. The van der Waals surface area contributed by atoms with Crippen LogP contribution < -0.4 is 0 Å². The van der Waals surface area contributed by atoms with E-state index in [1.54, 1.807) is 0 Å². The van der Waals surface area contributed by atoms with Gasteiger partial charge in [0.05, 0.1) is 0 Å². The Bertz CT molecular complexity index is 64.1. The van der Waals surface area contributed by atoms with Crippen LogP contribution in [0.4, 0.5) is 0 Å². The zero-order valence-corrected chi connectivity index (χ0v) is 5.83. The summed E-state index contributed by atoms with van der Waals surface area (Å²) in [5, 5.41) is 0. The summed E-state index contributed by atoms with van der Waals surface area (Å²) in [7, 11) is 0. The van der Waals surface area contributed by atoms with Crippen LogP contribution in [-0.4, -0.2) is 0 Å². The third-order valence-electron chi connectivity index (χ3n) is 1.96. The molecule has 0 nitrogen and oxygen atoms in total. The van der Waals surface area contributed by atoms with Gasteiger partial charge in [0, 0.05) is 0 Å². The molecule has 0 aromatic carbocycles. The van der Waals surface area contributed by atoms with Gasteiger partial charge in [-0.2, -0.15) is 0 Å². The molecule has 8 heavy (non-hydrogen) atoms. The van der Waals surface area contributed by atoms with Crippen LogP contribution in [0, 0.1) is 11.8 Å². The Hall–Kier alpha value is 0. The van der Waals surface area contributed by atoms with Gasteiger partial charge in [0.15, 0.2) is 0 Å². The molecule has 0 atom stereocenters. The van der Waals surface area contributed by atoms with Crippen LogP contribution in [0.3, 0.4) is 0 Å². The lowest BCUT2D eigenvalue weighted by atomic mass is 9.78. The molecule has 0 aromatic heterocycles. The summed E-state index contributed by atoms with van der Waals surface area (Å²) in [6.45, 7) is 4.68. The molecular formula is C8H14. The second-order valence-corrected chi connectivity index (χ2v) is 3.41. The first-order valence-corrected chi connectivity index (χ1v) is 3.41. The van der Waals surface area contributed by atoms with Crippen molar-refractivity contribution in [1.82, 2.24) is 0 Å². The van der Waals surface area contributed by atoms with Gasteiger partial charge in [-0.15, -0.1) is 0 Å². The van der Waals surface area contributed by atoms with Crippen molar-refractivity contribution in [3.8, 4) is 0 Å². The lowest BCUT2D eigenvalue weighted by Crippen LogP contribution is -2.14. The van der Waals surface area contributed by atoms with Gasteiger partial charge < -0.3 is 0 Å². The molecule has 1 aliphatic rings. The fourth-order valence-electron chi connectivity index (χ4n) is 1.10. The van der Waals surface area contributed by atoms with E-state index in [2.05, 4.69) is 20.3 Å². The average Bonchev–Trinajstić information content (AvgIpc) is 1.65. The Morgan fingerprint density at radius 2 is 1.62 bits per heavy atom. The minimum absolute atomic E-state index is 0.616. The third-order valence-corrected chi connectivity index (χ3v) is 1.96. The quantitative estimate of drug-likeness (QED) is 0.449. The van der Waals surface area contributed by atoms with Crippen molar-refractivity contribution in [3.05, 3.63) is 6.42 Å². The van der Waals surface area contributed by atoms with E-state index in [9.17, 15) is 0 Å². The maximum absolute atomic E-state index is 3.34. The summed E-state index contributed by atoms with van der Waals surface area (Å²) >= 11 is 0. The lowest BCUT2D eigenvalue weighted by Gasteiger charge is -2.28. The molecular weight excluding hydrogens is 96.1 g/mol. The van der Waals surface area contributed by atoms with Crippen molar-refractivity contribution in [2.45, 2.75) is 39.5 Å². The third kappa shape index (κ3) is 1.50. The van der Waals surface area contributed by atoms with Crippen LogP contribution in [0.25, 0.3) is 0 Å². The second kappa shape index (κ2) is 2.08. The predicted molar refractivity (Wildman–Crippen MR) is 35.5 cm³/mol. The van der Waals surface area contributed by atoms with E-state index in [-0.39, 0.29) is 0 Å². The minimum Gasteiger partial charge on any atom is -0.0599 e.